The number of nitrogens with zero attached hydrogens (tertiary/aromatic N) is 1. The molecular weight excluding hydrogens is 336 g/mol. The fraction of sp³-hybridized carbons (Fsp3) is 0.316. The summed E-state index contributed by atoms with van der Waals surface area (Å²) < 4.78 is 10.8. The fourth-order valence-corrected chi connectivity index (χ4v) is 2.48. The van der Waals surface area contributed by atoms with Crippen LogP contribution in [0.25, 0.3) is 0 Å². The minimum absolute atomic E-state index is 0.196. The number of rotatable bonds is 7. The number of carbonyl (C=O) groups excluding carboxylic acids is 1. The van der Waals surface area contributed by atoms with Crippen molar-refractivity contribution in [3.05, 3.63) is 47.7 Å². The number of anilines is 1. The Morgan fingerprint density at radius 1 is 1.27 bits per heavy atom. The standard InChI is InChI=1S/C19H20N2O5/c1-12-9-15(25-11-18(22)23)5-6-16(12)21-19(24)13-7-8-20-17(10-13)26-14-3-2-4-14/h5-10,14H,2-4,11H2,1H3,(H,21,24)(H,22,23). The van der Waals surface area contributed by atoms with Crippen LogP contribution in [0.5, 0.6) is 11.6 Å². The molecule has 0 radical (unpaired) electrons. The normalized spacial score (nSPS) is 13.6. The number of amides is 1. The topological polar surface area (TPSA) is 97.8 Å². The molecule has 1 amide bonds. The number of ether oxygens (including phenoxy) is 2. The highest BCUT2D eigenvalue weighted by Crippen LogP contribution is 2.25. The third-order valence-corrected chi connectivity index (χ3v) is 4.15. The largest absolute Gasteiger partial charge is 0.482 e. The summed E-state index contributed by atoms with van der Waals surface area (Å²) >= 11 is 0. The number of benzene rings is 1. The smallest absolute Gasteiger partial charge is 0.341 e. The molecule has 1 aromatic carbocycles. The number of aromatic nitrogens is 1. The first kappa shape index (κ1) is 17.7. The molecule has 2 N–H and O–H groups in total. The van der Waals surface area contributed by atoms with Crippen LogP contribution in [0, 0.1) is 6.92 Å². The zero-order chi connectivity index (χ0) is 18.5. The lowest BCUT2D eigenvalue weighted by Crippen LogP contribution is -2.25. The molecule has 0 bridgehead atoms. The fourth-order valence-electron chi connectivity index (χ4n) is 2.48. The van der Waals surface area contributed by atoms with Crippen molar-refractivity contribution < 1.29 is 24.2 Å². The van der Waals surface area contributed by atoms with Crippen LogP contribution in [0.15, 0.2) is 36.5 Å². The van der Waals surface area contributed by atoms with Gasteiger partial charge in [-0.05, 0) is 56.0 Å². The average molecular weight is 356 g/mol. The van der Waals surface area contributed by atoms with Gasteiger partial charge in [-0.2, -0.15) is 0 Å². The Balaban J connectivity index is 1.65. The van der Waals surface area contributed by atoms with Crippen molar-refractivity contribution in [2.24, 2.45) is 0 Å². The van der Waals surface area contributed by atoms with E-state index in [1.54, 1.807) is 43.5 Å². The van der Waals surface area contributed by atoms with Crippen LogP contribution >= 0.6 is 0 Å². The molecule has 2 aromatic rings. The third kappa shape index (κ3) is 4.50. The zero-order valence-electron chi connectivity index (χ0n) is 14.4. The quantitative estimate of drug-likeness (QED) is 0.791. The monoisotopic (exact) mass is 356 g/mol. The zero-order valence-corrected chi connectivity index (χ0v) is 14.4. The van der Waals surface area contributed by atoms with E-state index in [1.165, 1.54) is 0 Å². The minimum Gasteiger partial charge on any atom is -0.482 e. The number of pyridine rings is 1. The summed E-state index contributed by atoms with van der Waals surface area (Å²) in [5.74, 6) is -0.426. The van der Waals surface area contributed by atoms with Gasteiger partial charge in [0.1, 0.15) is 11.9 Å². The molecule has 1 saturated carbocycles. The van der Waals surface area contributed by atoms with Gasteiger partial charge in [0.2, 0.25) is 5.88 Å². The number of nitrogens with one attached hydrogen (secondary N) is 1. The molecule has 0 aliphatic heterocycles. The molecular formula is C19H20N2O5. The van der Waals surface area contributed by atoms with Crippen molar-refractivity contribution >= 4 is 17.6 Å². The van der Waals surface area contributed by atoms with Gasteiger partial charge in [0, 0.05) is 23.5 Å². The van der Waals surface area contributed by atoms with E-state index in [4.69, 9.17) is 14.6 Å². The van der Waals surface area contributed by atoms with Gasteiger partial charge in [0.15, 0.2) is 6.61 Å². The van der Waals surface area contributed by atoms with Crippen LogP contribution in [0.4, 0.5) is 5.69 Å². The van der Waals surface area contributed by atoms with Crippen molar-refractivity contribution in [1.29, 1.82) is 0 Å². The lowest BCUT2D eigenvalue weighted by Gasteiger charge is -2.25. The average Bonchev–Trinajstić information content (AvgIpc) is 2.58. The van der Waals surface area contributed by atoms with Gasteiger partial charge in [0.05, 0.1) is 0 Å². The van der Waals surface area contributed by atoms with Crippen molar-refractivity contribution in [3.63, 3.8) is 0 Å². The van der Waals surface area contributed by atoms with E-state index < -0.39 is 12.6 Å². The summed E-state index contributed by atoms with van der Waals surface area (Å²) in [6.45, 7) is 1.40. The molecule has 7 heteroatoms. The second-order valence-corrected chi connectivity index (χ2v) is 6.17. The summed E-state index contributed by atoms with van der Waals surface area (Å²) in [6, 6.07) is 8.23. The number of carbonyl (C=O) groups is 2. The van der Waals surface area contributed by atoms with Gasteiger partial charge in [-0.15, -0.1) is 0 Å². The summed E-state index contributed by atoms with van der Waals surface area (Å²) in [5.41, 5.74) is 1.84. The van der Waals surface area contributed by atoms with Crippen molar-refractivity contribution in [1.82, 2.24) is 4.98 Å². The highest BCUT2D eigenvalue weighted by atomic mass is 16.5. The molecule has 136 valence electrons. The Kier molecular flexibility index (Phi) is 5.36. The highest BCUT2D eigenvalue weighted by Gasteiger charge is 2.20. The number of carboxylic acid groups (broad SMARTS) is 1. The van der Waals surface area contributed by atoms with E-state index in [1.807, 2.05) is 0 Å². The van der Waals surface area contributed by atoms with E-state index in [9.17, 15) is 9.59 Å². The second kappa shape index (κ2) is 7.86. The molecule has 1 fully saturated rings. The maximum absolute atomic E-state index is 12.5. The molecule has 26 heavy (non-hydrogen) atoms. The summed E-state index contributed by atoms with van der Waals surface area (Å²) in [7, 11) is 0. The first-order chi connectivity index (χ1) is 12.5. The van der Waals surface area contributed by atoms with Crippen molar-refractivity contribution in [2.75, 3.05) is 11.9 Å². The Labute approximate surface area is 151 Å². The maximum Gasteiger partial charge on any atom is 0.341 e. The van der Waals surface area contributed by atoms with Gasteiger partial charge in [-0.1, -0.05) is 0 Å². The molecule has 1 aliphatic carbocycles. The Bertz CT molecular complexity index is 817. The number of aliphatic carboxylic acids is 1. The van der Waals surface area contributed by atoms with E-state index in [-0.39, 0.29) is 12.0 Å². The number of hydrogen-bond acceptors (Lipinski definition) is 5. The SMILES string of the molecule is Cc1cc(OCC(=O)O)ccc1NC(=O)c1ccnc(OC2CCC2)c1. The lowest BCUT2D eigenvalue weighted by atomic mass is 9.96. The first-order valence-electron chi connectivity index (χ1n) is 8.40. The predicted octanol–water partition coefficient (Wildman–Crippen LogP) is 3.04. The van der Waals surface area contributed by atoms with Gasteiger partial charge >= 0.3 is 5.97 Å². The Hall–Kier alpha value is -3.09. The number of aryl methyl sites for hydroxylation is 1. The van der Waals surface area contributed by atoms with Crippen LogP contribution < -0.4 is 14.8 Å². The molecule has 0 unspecified atom stereocenters. The Morgan fingerprint density at radius 3 is 2.73 bits per heavy atom. The molecule has 1 heterocycles. The Morgan fingerprint density at radius 2 is 2.08 bits per heavy atom. The molecule has 0 atom stereocenters. The molecule has 1 aliphatic rings. The van der Waals surface area contributed by atoms with Crippen LogP contribution in [0.3, 0.4) is 0 Å². The number of hydrogen-bond donors (Lipinski definition) is 2. The van der Waals surface area contributed by atoms with Crippen LogP contribution in [0.1, 0.15) is 35.2 Å². The summed E-state index contributed by atoms with van der Waals surface area (Å²) in [5, 5.41) is 11.5. The third-order valence-electron chi connectivity index (χ3n) is 4.15. The van der Waals surface area contributed by atoms with Crippen LogP contribution in [0.2, 0.25) is 0 Å². The van der Waals surface area contributed by atoms with Gasteiger partial charge < -0.3 is 19.9 Å². The highest BCUT2D eigenvalue weighted by molar-refractivity contribution is 6.04. The maximum atomic E-state index is 12.5. The van der Waals surface area contributed by atoms with E-state index in [0.29, 0.717) is 22.9 Å². The van der Waals surface area contributed by atoms with Crippen molar-refractivity contribution in [2.45, 2.75) is 32.3 Å². The predicted molar refractivity (Wildman–Crippen MR) is 94.8 cm³/mol. The van der Waals surface area contributed by atoms with Crippen LogP contribution in [-0.4, -0.2) is 34.7 Å². The number of carboxylic acids is 1. The molecule has 7 nitrogen and oxygen atoms in total. The summed E-state index contributed by atoms with van der Waals surface area (Å²) in [4.78, 5) is 27.2. The van der Waals surface area contributed by atoms with Crippen molar-refractivity contribution in [3.8, 4) is 11.6 Å². The molecule has 1 aromatic heterocycles. The summed E-state index contributed by atoms with van der Waals surface area (Å²) in [6.07, 6.45) is 4.96. The lowest BCUT2D eigenvalue weighted by molar-refractivity contribution is -0.139. The van der Waals surface area contributed by atoms with E-state index in [2.05, 4.69) is 10.3 Å². The van der Waals surface area contributed by atoms with Gasteiger partial charge in [-0.3, -0.25) is 4.79 Å². The van der Waals surface area contributed by atoms with Gasteiger partial charge in [-0.25, -0.2) is 9.78 Å². The first-order valence-corrected chi connectivity index (χ1v) is 8.40. The van der Waals surface area contributed by atoms with Crippen LogP contribution in [-0.2, 0) is 4.79 Å². The second-order valence-electron chi connectivity index (χ2n) is 6.17. The molecule has 3 rings (SSSR count). The molecule has 0 saturated heterocycles. The van der Waals surface area contributed by atoms with E-state index in [0.717, 1.165) is 24.8 Å². The van der Waals surface area contributed by atoms with E-state index >= 15 is 0 Å². The molecule has 0 spiro atoms. The minimum atomic E-state index is -1.04. The van der Waals surface area contributed by atoms with Gasteiger partial charge in [0.25, 0.3) is 5.91 Å².